The van der Waals surface area contributed by atoms with E-state index in [1.165, 1.54) is 29.5 Å². The van der Waals surface area contributed by atoms with Gasteiger partial charge in [0.2, 0.25) is 10.0 Å². The van der Waals surface area contributed by atoms with Gasteiger partial charge in [-0.05, 0) is 68.0 Å². The Hall–Kier alpha value is -1.61. The number of aliphatic carboxylic acids is 1. The second kappa shape index (κ2) is 12.9. The monoisotopic (exact) mass is 470 g/mol. The number of thioether (sulfide) groups is 1. The van der Waals surface area contributed by atoms with Crippen molar-refractivity contribution in [3.63, 3.8) is 0 Å². The highest BCUT2D eigenvalue weighted by molar-refractivity contribution is 8.00. The van der Waals surface area contributed by atoms with Gasteiger partial charge in [0, 0.05) is 29.2 Å². The van der Waals surface area contributed by atoms with Gasteiger partial charge in [0.15, 0.2) is 0 Å². The molecule has 6 nitrogen and oxygen atoms in total. The first-order valence-electron chi connectivity index (χ1n) is 9.84. The second-order valence-electron chi connectivity index (χ2n) is 6.93. The average molecular weight is 471 g/mol. The predicted octanol–water partition coefficient (Wildman–Crippen LogP) is 4.39. The predicted molar refractivity (Wildman–Crippen MR) is 122 cm³/mol. The van der Waals surface area contributed by atoms with Crippen molar-refractivity contribution in [2.45, 2.75) is 48.7 Å². The molecular weight excluding hydrogens is 444 g/mol. The van der Waals surface area contributed by atoms with Gasteiger partial charge in [0.1, 0.15) is 0 Å². The third kappa shape index (κ3) is 9.47. The van der Waals surface area contributed by atoms with Gasteiger partial charge in [-0.2, -0.15) is 0 Å². The Morgan fingerprint density at radius 1 is 1.13 bits per heavy atom. The minimum Gasteiger partial charge on any atom is -0.481 e. The zero-order chi connectivity index (χ0) is 21.8. The number of carbonyl (C=O) groups is 1. The maximum absolute atomic E-state index is 12.3. The number of unbranched alkanes of at least 4 members (excludes halogenated alkanes) is 1. The summed E-state index contributed by atoms with van der Waals surface area (Å²) in [7, 11) is -3.54. The summed E-state index contributed by atoms with van der Waals surface area (Å²) in [5.74, 6) is -0.728. The zero-order valence-corrected chi connectivity index (χ0v) is 19.1. The number of aromatic nitrogens is 1. The standard InChI is InChI=1S/C21H27ClN2O4S2/c22-18-9-11-20(12-10-18)30(27,28)24-14-2-1-7-19(29-16-21(25)26)8-3-5-17-6-4-13-23-15-17/h4,6,9-13,15,19,24H,1-3,5,7-8,14,16H2,(H,25,26). The number of hydrogen-bond donors (Lipinski definition) is 2. The van der Waals surface area contributed by atoms with Gasteiger partial charge in [0.05, 0.1) is 10.6 Å². The van der Waals surface area contributed by atoms with Crippen molar-refractivity contribution in [2.24, 2.45) is 0 Å². The van der Waals surface area contributed by atoms with Crippen LogP contribution in [0.15, 0.2) is 53.7 Å². The van der Waals surface area contributed by atoms with E-state index in [1.807, 2.05) is 18.3 Å². The molecule has 0 saturated carbocycles. The van der Waals surface area contributed by atoms with Gasteiger partial charge in [-0.25, -0.2) is 13.1 Å². The fraction of sp³-hybridized carbons (Fsp3) is 0.429. The molecule has 0 aliphatic carbocycles. The molecule has 0 radical (unpaired) electrons. The highest BCUT2D eigenvalue weighted by Gasteiger charge is 2.14. The third-order valence-corrected chi connectivity index (χ3v) is 7.61. The number of nitrogens with one attached hydrogen (secondary N) is 1. The SMILES string of the molecule is O=C(O)CSC(CCCCNS(=O)(=O)c1ccc(Cl)cc1)CCCc1cccnc1. The lowest BCUT2D eigenvalue weighted by molar-refractivity contribution is -0.133. The number of rotatable bonds is 14. The summed E-state index contributed by atoms with van der Waals surface area (Å²) < 4.78 is 27.1. The molecular formula is C21H27ClN2O4S2. The van der Waals surface area contributed by atoms with E-state index in [-0.39, 0.29) is 15.9 Å². The number of aryl methyl sites for hydroxylation is 1. The Bertz CT molecular complexity index is 878. The number of benzene rings is 1. The Kier molecular flexibility index (Phi) is 10.6. The van der Waals surface area contributed by atoms with Crippen LogP contribution in [0.3, 0.4) is 0 Å². The lowest BCUT2D eigenvalue weighted by Gasteiger charge is -2.16. The zero-order valence-electron chi connectivity index (χ0n) is 16.7. The molecule has 0 bridgehead atoms. The smallest absolute Gasteiger partial charge is 0.313 e. The quantitative estimate of drug-likeness (QED) is 0.397. The summed E-state index contributed by atoms with van der Waals surface area (Å²) in [6.07, 6.45) is 8.78. The molecule has 2 aromatic rings. The summed E-state index contributed by atoms with van der Waals surface area (Å²) in [6, 6.07) is 10.0. The van der Waals surface area contributed by atoms with Gasteiger partial charge in [-0.3, -0.25) is 9.78 Å². The Labute approximate surface area is 187 Å². The molecule has 0 aliphatic rings. The minimum atomic E-state index is -3.54. The molecule has 1 aromatic heterocycles. The van der Waals surface area contributed by atoms with Crippen molar-refractivity contribution in [3.05, 3.63) is 59.4 Å². The molecule has 2 N–H and O–H groups in total. The summed E-state index contributed by atoms with van der Waals surface area (Å²) in [6.45, 7) is 0.344. The number of hydrogen-bond acceptors (Lipinski definition) is 5. The van der Waals surface area contributed by atoms with Crippen LogP contribution in [0.4, 0.5) is 0 Å². The molecule has 0 amide bonds. The number of carboxylic acid groups (broad SMARTS) is 1. The van der Waals surface area contributed by atoms with Gasteiger partial charge in [-0.15, -0.1) is 11.8 Å². The molecule has 2 rings (SSSR count). The van der Waals surface area contributed by atoms with E-state index in [0.29, 0.717) is 18.0 Å². The topological polar surface area (TPSA) is 96.4 Å². The van der Waals surface area contributed by atoms with E-state index < -0.39 is 16.0 Å². The summed E-state index contributed by atoms with van der Waals surface area (Å²) in [5, 5.41) is 9.71. The molecule has 1 atom stereocenters. The van der Waals surface area contributed by atoms with Gasteiger partial charge < -0.3 is 5.11 Å². The van der Waals surface area contributed by atoms with Gasteiger partial charge >= 0.3 is 5.97 Å². The number of sulfonamides is 1. The van der Waals surface area contributed by atoms with Gasteiger partial charge in [-0.1, -0.05) is 24.1 Å². The third-order valence-electron chi connectivity index (χ3n) is 4.53. The van der Waals surface area contributed by atoms with Crippen LogP contribution in [-0.4, -0.2) is 42.0 Å². The molecule has 0 aliphatic heterocycles. The lowest BCUT2D eigenvalue weighted by atomic mass is 10.1. The molecule has 1 unspecified atom stereocenters. The van der Waals surface area contributed by atoms with E-state index >= 15 is 0 Å². The fourth-order valence-corrected chi connectivity index (χ4v) is 5.23. The molecule has 30 heavy (non-hydrogen) atoms. The Balaban J connectivity index is 1.73. The first-order chi connectivity index (χ1) is 14.4. The Morgan fingerprint density at radius 2 is 1.87 bits per heavy atom. The molecule has 1 heterocycles. The highest BCUT2D eigenvalue weighted by atomic mass is 35.5. The minimum absolute atomic E-state index is 0.0841. The first-order valence-corrected chi connectivity index (χ1v) is 12.8. The van der Waals surface area contributed by atoms with Crippen LogP contribution in [-0.2, 0) is 21.2 Å². The van der Waals surface area contributed by atoms with Crippen molar-refractivity contribution >= 4 is 39.4 Å². The lowest BCUT2D eigenvalue weighted by Crippen LogP contribution is -2.24. The summed E-state index contributed by atoms with van der Waals surface area (Å²) in [4.78, 5) is 15.2. The average Bonchev–Trinajstić information content (AvgIpc) is 2.72. The van der Waals surface area contributed by atoms with E-state index in [9.17, 15) is 13.2 Å². The van der Waals surface area contributed by atoms with Crippen LogP contribution in [0.5, 0.6) is 0 Å². The molecule has 0 fully saturated rings. The van der Waals surface area contributed by atoms with Crippen LogP contribution < -0.4 is 4.72 Å². The normalized spacial score (nSPS) is 12.6. The summed E-state index contributed by atoms with van der Waals surface area (Å²) >= 11 is 7.26. The maximum Gasteiger partial charge on any atom is 0.313 e. The van der Waals surface area contributed by atoms with Crippen molar-refractivity contribution in [1.29, 1.82) is 0 Å². The van der Waals surface area contributed by atoms with E-state index in [0.717, 1.165) is 32.1 Å². The largest absolute Gasteiger partial charge is 0.481 e. The number of nitrogens with zero attached hydrogens (tertiary/aromatic N) is 1. The number of carboxylic acids is 1. The van der Waals surface area contributed by atoms with E-state index in [1.54, 1.807) is 18.3 Å². The van der Waals surface area contributed by atoms with E-state index in [2.05, 4.69) is 9.71 Å². The van der Waals surface area contributed by atoms with Crippen molar-refractivity contribution in [2.75, 3.05) is 12.3 Å². The van der Waals surface area contributed by atoms with Crippen LogP contribution in [0.25, 0.3) is 0 Å². The second-order valence-corrected chi connectivity index (χ2v) is 10.4. The Morgan fingerprint density at radius 3 is 2.53 bits per heavy atom. The molecule has 0 saturated heterocycles. The van der Waals surface area contributed by atoms with Gasteiger partial charge in [0.25, 0.3) is 0 Å². The molecule has 164 valence electrons. The van der Waals surface area contributed by atoms with E-state index in [4.69, 9.17) is 16.7 Å². The molecule has 1 aromatic carbocycles. The van der Waals surface area contributed by atoms with Crippen molar-refractivity contribution in [1.82, 2.24) is 9.71 Å². The highest BCUT2D eigenvalue weighted by Crippen LogP contribution is 2.23. The number of pyridine rings is 1. The molecule has 9 heteroatoms. The summed E-state index contributed by atoms with van der Waals surface area (Å²) in [5.41, 5.74) is 1.18. The van der Waals surface area contributed by atoms with Crippen LogP contribution in [0.1, 0.15) is 37.7 Å². The van der Waals surface area contributed by atoms with Crippen molar-refractivity contribution in [3.8, 4) is 0 Å². The molecule has 0 spiro atoms. The fourth-order valence-electron chi connectivity index (χ4n) is 2.98. The first kappa shape index (κ1) is 24.7. The van der Waals surface area contributed by atoms with Crippen LogP contribution in [0, 0.1) is 0 Å². The van der Waals surface area contributed by atoms with Crippen LogP contribution in [0.2, 0.25) is 5.02 Å². The number of halogens is 1. The van der Waals surface area contributed by atoms with Crippen LogP contribution >= 0.6 is 23.4 Å². The van der Waals surface area contributed by atoms with Crippen molar-refractivity contribution < 1.29 is 18.3 Å². The maximum atomic E-state index is 12.3.